The molecule has 0 spiro atoms. The van der Waals surface area contributed by atoms with Crippen molar-refractivity contribution in [3.63, 3.8) is 0 Å². The molecule has 0 unspecified atom stereocenters. The van der Waals surface area contributed by atoms with Crippen LogP contribution in [-0.4, -0.2) is 29.1 Å². The molecule has 0 saturated heterocycles. The second-order valence-electron chi connectivity index (χ2n) is 4.39. The number of nitrogens with zero attached hydrogens (tertiary/aromatic N) is 1. The molecule has 0 saturated carbocycles. The third-order valence-corrected chi connectivity index (χ3v) is 2.77. The van der Waals surface area contributed by atoms with Gasteiger partial charge in [-0.3, -0.25) is 4.90 Å². The Balaban J connectivity index is 2.79. The molecular formula is C14H20FNO2. The zero-order valence-electron chi connectivity index (χ0n) is 10.9. The first-order chi connectivity index (χ1) is 8.58. The van der Waals surface area contributed by atoms with Gasteiger partial charge in [-0.1, -0.05) is 19.9 Å². The van der Waals surface area contributed by atoms with Crippen LogP contribution in [0, 0.1) is 5.82 Å². The number of rotatable bonds is 7. The Bertz CT molecular complexity index is 401. The lowest BCUT2D eigenvalue weighted by Gasteiger charge is -2.21. The lowest BCUT2D eigenvalue weighted by Crippen LogP contribution is -2.25. The van der Waals surface area contributed by atoms with E-state index in [0.717, 1.165) is 32.0 Å². The van der Waals surface area contributed by atoms with Crippen molar-refractivity contribution in [2.45, 2.75) is 33.2 Å². The molecule has 0 aliphatic rings. The quantitative estimate of drug-likeness (QED) is 0.811. The summed E-state index contributed by atoms with van der Waals surface area (Å²) >= 11 is 0. The van der Waals surface area contributed by atoms with Crippen LogP contribution in [0.1, 0.15) is 42.6 Å². The molecule has 0 aliphatic carbocycles. The van der Waals surface area contributed by atoms with Gasteiger partial charge in [0.2, 0.25) is 0 Å². The molecule has 1 N–H and O–H groups in total. The van der Waals surface area contributed by atoms with E-state index in [1.807, 2.05) is 0 Å². The molecule has 4 heteroatoms. The third kappa shape index (κ3) is 4.11. The Morgan fingerprint density at radius 3 is 2.33 bits per heavy atom. The van der Waals surface area contributed by atoms with Gasteiger partial charge in [-0.2, -0.15) is 0 Å². The zero-order valence-corrected chi connectivity index (χ0v) is 10.9. The average Bonchev–Trinajstić information content (AvgIpc) is 2.32. The molecule has 0 aliphatic heterocycles. The van der Waals surface area contributed by atoms with Crippen LogP contribution in [-0.2, 0) is 6.54 Å². The van der Waals surface area contributed by atoms with Crippen molar-refractivity contribution in [3.8, 4) is 0 Å². The number of hydrogen-bond donors (Lipinski definition) is 1. The number of carboxylic acid groups (broad SMARTS) is 1. The molecule has 3 nitrogen and oxygen atoms in total. The van der Waals surface area contributed by atoms with E-state index in [-0.39, 0.29) is 5.56 Å². The lowest BCUT2D eigenvalue weighted by atomic mass is 10.1. The number of halogens is 1. The van der Waals surface area contributed by atoms with Crippen molar-refractivity contribution in [2.75, 3.05) is 13.1 Å². The molecule has 0 aromatic heterocycles. The Hall–Kier alpha value is -1.42. The number of carboxylic acids is 1. The largest absolute Gasteiger partial charge is 0.478 e. The predicted molar refractivity (Wildman–Crippen MR) is 69.2 cm³/mol. The molecule has 0 radical (unpaired) electrons. The minimum Gasteiger partial charge on any atom is -0.478 e. The molecule has 0 heterocycles. The van der Waals surface area contributed by atoms with Crippen molar-refractivity contribution >= 4 is 5.97 Å². The van der Waals surface area contributed by atoms with Crippen molar-refractivity contribution in [1.29, 1.82) is 0 Å². The van der Waals surface area contributed by atoms with Crippen LogP contribution in [0.25, 0.3) is 0 Å². The van der Waals surface area contributed by atoms with Crippen molar-refractivity contribution in [1.82, 2.24) is 4.90 Å². The normalized spacial score (nSPS) is 10.9. The average molecular weight is 253 g/mol. The van der Waals surface area contributed by atoms with Gasteiger partial charge in [-0.15, -0.1) is 0 Å². The summed E-state index contributed by atoms with van der Waals surface area (Å²) in [5, 5.41) is 8.77. The van der Waals surface area contributed by atoms with E-state index in [9.17, 15) is 9.18 Å². The van der Waals surface area contributed by atoms with Crippen molar-refractivity contribution < 1.29 is 14.3 Å². The second-order valence-corrected chi connectivity index (χ2v) is 4.39. The molecule has 0 fully saturated rings. The van der Waals surface area contributed by atoms with Gasteiger partial charge < -0.3 is 5.11 Å². The molecule has 0 amide bonds. The van der Waals surface area contributed by atoms with E-state index in [4.69, 9.17) is 5.11 Å². The van der Waals surface area contributed by atoms with Gasteiger partial charge in [0.1, 0.15) is 5.82 Å². The van der Waals surface area contributed by atoms with Crippen LogP contribution in [0.4, 0.5) is 4.39 Å². The van der Waals surface area contributed by atoms with Crippen LogP contribution >= 0.6 is 0 Å². The monoisotopic (exact) mass is 253 g/mol. The first-order valence-electron chi connectivity index (χ1n) is 6.32. The lowest BCUT2D eigenvalue weighted by molar-refractivity contribution is 0.0696. The number of benzene rings is 1. The Kier molecular flexibility index (Phi) is 5.78. The highest BCUT2D eigenvalue weighted by molar-refractivity contribution is 5.87. The maximum absolute atomic E-state index is 13.8. The molecule has 0 atom stereocenters. The summed E-state index contributed by atoms with van der Waals surface area (Å²) in [5.74, 6) is -1.54. The van der Waals surface area contributed by atoms with Crippen LogP contribution in [0.3, 0.4) is 0 Å². The fraction of sp³-hybridized carbons (Fsp3) is 0.500. The SMILES string of the molecule is CCCN(CCC)Cc1ccc(C(=O)O)cc1F. The summed E-state index contributed by atoms with van der Waals surface area (Å²) in [6.45, 7) is 6.56. The summed E-state index contributed by atoms with van der Waals surface area (Å²) in [6.07, 6.45) is 2.05. The van der Waals surface area contributed by atoms with Gasteiger partial charge in [0.15, 0.2) is 0 Å². The van der Waals surface area contributed by atoms with Crippen LogP contribution in [0.2, 0.25) is 0 Å². The van der Waals surface area contributed by atoms with E-state index in [1.165, 1.54) is 6.07 Å². The number of aromatic carboxylic acids is 1. The smallest absolute Gasteiger partial charge is 0.335 e. The van der Waals surface area contributed by atoms with E-state index in [1.54, 1.807) is 6.07 Å². The minimum absolute atomic E-state index is 0.00576. The Morgan fingerprint density at radius 1 is 1.28 bits per heavy atom. The molecular weight excluding hydrogens is 233 g/mol. The molecule has 18 heavy (non-hydrogen) atoms. The highest BCUT2D eigenvalue weighted by Crippen LogP contribution is 2.13. The van der Waals surface area contributed by atoms with Crippen molar-refractivity contribution in [2.24, 2.45) is 0 Å². The highest BCUT2D eigenvalue weighted by atomic mass is 19.1. The maximum atomic E-state index is 13.8. The van der Waals surface area contributed by atoms with Gasteiger partial charge in [0.05, 0.1) is 5.56 Å². The predicted octanol–water partition coefficient (Wildman–Crippen LogP) is 3.15. The maximum Gasteiger partial charge on any atom is 0.335 e. The third-order valence-electron chi connectivity index (χ3n) is 2.77. The topological polar surface area (TPSA) is 40.5 Å². The summed E-state index contributed by atoms with van der Waals surface area (Å²) in [5.41, 5.74) is 0.552. The Labute approximate surface area is 107 Å². The van der Waals surface area contributed by atoms with Gasteiger partial charge in [-0.05, 0) is 38.1 Å². The summed E-state index contributed by atoms with van der Waals surface area (Å²) in [7, 11) is 0. The number of hydrogen-bond acceptors (Lipinski definition) is 2. The van der Waals surface area contributed by atoms with Crippen LogP contribution in [0.15, 0.2) is 18.2 Å². The van der Waals surface area contributed by atoms with Gasteiger partial charge in [0, 0.05) is 12.1 Å². The summed E-state index contributed by atoms with van der Waals surface area (Å²) in [6, 6.07) is 4.11. The first kappa shape index (κ1) is 14.6. The van der Waals surface area contributed by atoms with Gasteiger partial charge >= 0.3 is 5.97 Å². The second kappa shape index (κ2) is 7.11. The minimum atomic E-state index is -1.10. The molecule has 1 rings (SSSR count). The Morgan fingerprint density at radius 2 is 1.89 bits per heavy atom. The van der Waals surface area contributed by atoms with E-state index < -0.39 is 11.8 Å². The fourth-order valence-electron chi connectivity index (χ4n) is 1.95. The number of carbonyl (C=O) groups is 1. The van der Waals surface area contributed by atoms with E-state index >= 15 is 0 Å². The standard InChI is InChI=1S/C14H20FNO2/c1-3-7-16(8-4-2)10-12-6-5-11(14(17)18)9-13(12)15/h5-6,9H,3-4,7-8,10H2,1-2H3,(H,17,18). The van der Waals surface area contributed by atoms with Gasteiger partial charge in [-0.25, -0.2) is 9.18 Å². The highest BCUT2D eigenvalue weighted by Gasteiger charge is 2.11. The van der Waals surface area contributed by atoms with Crippen molar-refractivity contribution in [3.05, 3.63) is 35.1 Å². The van der Waals surface area contributed by atoms with E-state index in [2.05, 4.69) is 18.7 Å². The molecule has 1 aromatic rings. The first-order valence-corrected chi connectivity index (χ1v) is 6.32. The molecule has 0 bridgehead atoms. The van der Waals surface area contributed by atoms with E-state index in [0.29, 0.717) is 12.1 Å². The molecule has 1 aromatic carbocycles. The van der Waals surface area contributed by atoms with Crippen LogP contribution < -0.4 is 0 Å². The van der Waals surface area contributed by atoms with Gasteiger partial charge in [0.25, 0.3) is 0 Å². The summed E-state index contributed by atoms with van der Waals surface area (Å²) < 4.78 is 13.8. The zero-order chi connectivity index (χ0) is 13.5. The van der Waals surface area contributed by atoms with Crippen LogP contribution in [0.5, 0.6) is 0 Å². The fourth-order valence-corrected chi connectivity index (χ4v) is 1.95. The summed E-state index contributed by atoms with van der Waals surface area (Å²) in [4.78, 5) is 12.9. The molecule has 100 valence electrons.